The molecule has 2 N–H and O–H groups in total. The highest BCUT2D eigenvalue weighted by Gasteiger charge is 2.16. The molecule has 0 radical (unpaired) electrons. The molecule has 1 aromatic heterocycles. The number of anilines is 1. The van der Waals surface area contributed by atoms with Gasteiger partial charge in [-0.15, -0.1) is 0 Å². The fourth-order valence-corrected chi connectivity index (χ4v) is 2.93. The van der Waals surface area contributed by atoms with Crippen molar-refractivity contribution in [2.75, 3.05) is 5.32 Å². The topological polar surface area (TPSA) is 71.3 Å². The van der Waals surface area contributed by atoms with E-state index in [4.69, 9.17) is 4.42 Å². The van der Waals surface area contributed by atoms with E-state index in [1.807, 2.05) is 36.4 Å². The van der Waals surface area contributed by atoms with Crippen molar-refractivity contribution in [3.05, 3.63) is 92.9 Å². The van der Waals surface area contributed by atoms with Crippen LogP contribution in [0.5, 0.6) is 0 Å². The van der Waals surface area contributed by atoms with Gasteiger partial charge in [0.2, 0.25) is 0 Å². The number of rotatable bonds is 5. The summed E-state index contributed by atoms with van der Waals surface area (Å²) >= 11 is 6.75. The summed E-state index contributed by atoms with van der Waals surface area (Å²) in [6, 6.07) is 17.7. The second-order valence-corrected chi connectivity index (χ2v) is 7.34. The van der Waals surface area contributed by atoms with Crippen molar-refractivity contribution in [2.45, 2.75) is 0 Å². The van der Waals surface area contributed by atoms with Crippen molar-refractivity contribution in [3.8, 4) is 0 Å². The fraction of sp³-hybridized carbons (Fsp3) is 0. The zero-order valence-electron chi connectivity index (χ0n) is 13.9. The highest BCUT2D eigenvalue weighted by Crippen LogP contribution is 2.17. The first-order chi connectivity index (χ1) is 13.0. The van der Waals surface area contributed by atoms with E-state index >= 15 is 0 Å². The van der Waals surface area contributed by atoms with E-state index in [0.717, 1.165) is 14.5 Å². The molecule has 2 aromatic carbocycles. The Balaban J connectivity index is 1.87. The maximum atomic E-state index is 12.7. The Kier molecular flexibility index (Phi) is 6.26. The number of furan rings is 1. The van der Waals surface area contributed by atoms with Crippen LogP contribution in [-0.2, 0) is 4.79 Å². The molecule has 2 amide bonds. The van der Waals surface area contributed by atoms with Crippen molar-refractivity contribution in [1.82, 2.24) is 5.32 Å². The van der Waals surface area contributed by atoms with Crippen LogP contribution in [0.4, 0.5) is 5.69 Å². The molecule has 27 heavy (non-hydrogen) atoms. The van der Waals surface area contributed by atoms with E-state index < -0.39 is 11.8 Å². The second-order valence-electron chi connectivity index (χ2n) is 5.51. The van der Waals surface area contributed by atoms with Gasteiger partial charge in [0.25, 0.3) is 11.8 Å². The maximum Gasteiger partial charge on any atom is 0.291 e. The number of nitrogens with one attached hydrogen (secondary N) is 2. The third-order valence-electron chi connectivity index (χ3n) is 3.50. The Hall–Kier alpha value is -2.64. The van der Waals surface area contributed by atoms with Crippen LogP contribution in [0.2, 0.25) is 0 Å². The minimum atomic E-state index is -0.507. The molecule has 0 saturated carbocycles. The van der Waals surface area contributed by atoms with Crippen LogP contribution in [0.15, 0.2) is 86.0 Å². The maximum absolute atomic E-state index is 12.7. The van der Waals surface area contributed by atoms with Gasteiger partial charge in [0.1, 0.15) is 5.70 Å². The summed E-state index contributed by atoms with van der Waals surface area (Å²) in [5, 5.41) is 5.38. The van der Waals surface area contributed by atoms with Gasteiger partial charge in [0.05, 0.1) is 6.26 Å². The average molecular weight is 490 g/mol. The normalized spacial score (nSPS) is 11.1. The SMILES string of the molecule is O=C(Nc1ccc(Br)cc1)C(=Cc1cccc(Br)c1)NC(=O)c1ccco1. The molecule has 3 aromatic rings. The molecule has 0 unspecified atom stereocenters. The smallest absolute Gasteiger partial charge is 0.291 e. The predicted molar refractivity (Wildman–Crippen MR) is 111 cm³/mol. The Labute approximate surface area is 172 Å². The molecule has 7 heteroatoms. The van der Waals surface area contributed by atoms with Crippen molar-refractivity contribution in [1.29, 1.82) is 0 Å². The van der Waals surface area contributed by atoms with Gasteiger partial charge in [-0.25, -0.2) is 0 Å². The molecule has 0 saturated heterocycles. The molecular weight excluding hydrogens is 476 g/mol. The molecule has 0 aliphatic rings. The van der Waals surface area contributed by atoms with Crippen LogP contribution in [0.3, 0.4) is 0 Å². The van der Waals surface area contributed by atoms with Gasteiger partial charge in [-0.3, -0.25) is 9.59 Å². The number of carbonyl (C=O) groups excluding carboxylic acids is 2. The Morgan fingerprint density at radius 2 is 1.70 bits per heavy atom. The quantitative estimate of drug-likeness (QED) is 0.483. The summed E-state index contributed by atoms with van der Waals surface area (Å²) < 4.78 is 6.85. The summed E-state index contributed by atoms with van der Waals surface area (Å²) in [4.78, 5) is 25.1. The third-order valence-corrected chi connectivity index (χ3v) is 4.52. The lowest BCUT2D eigenvalue weighted by molar-refractivity contribution is -0.113. The van der Waals surface area contributed by atoms with E-state index in [1.54, 1.807) is 24.3 Å². The largest absolute Gasteiger partial charge is 0.459 e. The zero-order valence-corrected chi connectivity index (χ0v) is 17.1. The molecule has 0 spiro atoms. The number of hydrogen-bond acceptors (Lipinski definition) is 3. The van der Waals surface area contributed by atoms with Crippen molar-refractivity contribution >= 4 is 55.4 Å². The molecular formula is C20H14Br2N2O3. The minimum Gasteiger partial charge on any atom is -0.459 e. The van der Waals surface area contributed by atoms with Crippen LogP contribution in [0.25, 0.3) is 6.08 Å². The van der Waals surface area contributed by atoms with Gasteiger partial charge in [-0.05, 0) is 60.2 Å². The molecule has 0 aliphatic heterocycles. The van der Waals surface area contributed by atoms with Gasteiger partial charge in [0, 0.05) is 14.6 Å². The second kappa shape index (κ2) is 8.83. The van der Waals surface area contributed by atoms with Gasteiger partial charge in [0.15, 0.2) is 5.76 Å². The number of hydrogen-bond donors (Lipinski definition) is 2. The van der Waals surface area contributed by atoms with Gasteiger partial charge in [-0.1, -0.05) is 44.0 Å². The van der Waals surface area contributed by atoms with Crippen LogP contribution in [-0.4, -0.2) is 11.8 Å². The first-order valence-electron chi connectivity index (χ1n) is 7.90. The molecule has 0 bridgehead atoms. The number of benzene rings is 2. The third kappa shape index (κ3) is 5.42. The summed E-state index contributed by atoms with van der Waals surface area (Å²) in [5.74, 6) is -0.837. The Morgan fingerprint density at radius 1 is 0.926 bits per heavy atom. The molecule has 136 valence electrons. The monoisotopic (exact) mass is 488 g/mol. The average Bonchev–Trinajstić information content (AvgIpc) is 3.18. The van der Waals surface area contributed by atoms with E-state index in [2.05, 4.69) is 42.5 Å². The van der Waals surface area contributed by atoms with Crippen LogP contribution >= 0.6 is 31.9 Å². The van der Waals surface area contributed by atoms with Crippen molar-refractivity contribution in [2.24, 2.45) is 0 Å². The lowest BCUT2D eigenvalue weighted by Crippen LogP contribution is -2.30. The van der Waals surface area contributed by atoms with Crippen LogP contribution in [0.1, 0.15) is 16.1 Å². The fourth-order valence-electron chi connectivity index (χ4n) is 2.24. The van der Waals surface area contributed by atoms with Gasteiger partial charge < -0.3 is 15.1 Å². The van der Waals surface area contributed by atoms with Crippen LogP contribution < -0.4 is 10.6 Å². The van der Waals surface area contributed by atoms with E-state index in [9.17, 15) is 9.59 Å². The van der Waals surface area contributed by atoms with Crippen molar-refractivity contribution in [3.63, 3.8) is 0 Å². The minimum absolute atomic E-state index is 0.0948. The highest BCUT2D eigenvalue weighted by molar-refractivity contribution is 9.10. The molecule has 3 rings (SSSR count). The molecule has 0 aliphatic carbocycles. The Morgan fingerprint density at radius 3 is 2.37 bits per heavy atom. The summed E-state index contributed by atoms with van der Waals surface area (Å²) in [5.41, 5.74) is 1.46. The molecule has 1 heterocycles. The standard InChI is InChI=1S/C20H14Br2N2O3/c21-14-6-8-16(9-7-14)23-19(25)17(12-13-3-1-4-15(22)11-13)24-20(26)18-5-2-10-27-18/h1-12H,(H,23,25)(H,24,26). The van der Waals surface area contributed by atoms with E-state index in [-0.39, 0.29) is 11.5 Å². The summed E-state index contributed by atoms with van der Waals surface area (Å²) in [6.45, 7) is 0. The van der Waals surface area contributed by atoms with Crippen molar-refractivity contribution < 1.29 is 14.0 Å². The van der Waals surface area contributed by atoms with Gasteiger partial charge >= 0.3 is 0 Å². The molecule has 5 nitrogen and oxygen atoms in total. The van der Waals surface area contributed by atoms with E-state index in [1.165, 1.54) is 12.3 Å². The van der Waals surface area contributed by atoms with E-state index in [0.29, 0.717) is 5.69 Å². The first-order valence-corrected chi connectivity index (χ1v) is 9.49. The Bertz CT molecular complexity index is 981. The zero-order chi connectivity index (χ0) is 19.2. The lowest BCUT2D eigenvalue weighted by Gasteiger charge is -2.11. The first kappa shape index (κ1) is 19.1. The number of carbonyl (C=O) groups is 2. The number of amides is 2. The summed E-state index contributed by atoms with van der Waals surface area (Å²) in [7, 11) is 0. The summed E-state index contributed by atoms with van der Waals surface area (Å²) in [6.07, 6.45) is 2.99. The van der Waals surface area contributed by atoms with Gasteiger partial charge in [-0.2, -0.15) is 0 Å². The molecule has 0 fully saturated rings. The predicted octanol–water partition coefficient (Wildman–Crippen LogP) is 5.21. The van der Waals surface area contributed by atoms with Crippen LogP contribution in [0, 0.1) is 0 Å². The highest BCUT2D eigenvalue weighted by atomic mass is 79.9. The molecule has 0 atom stereocenters. The lowest BCUT2D eigenvalue weighted by atomic mass is 10.2. The number of halogens is 2.